The number of aliphatic hydroxyl groups is 1. The first kappa shape index (κ1) is 54.7. The molecule has 0 saturated heterocycles. The third-order valence-electron chi connectivity index (χ3n) is 9.36. The number of phosphoric ester groups is 1. The SMILES string of the molecule is CC/C=C\C/C=C\C/C=C\C/C=C\C/C=C\C/C=C\CCCCC(=O)NC(COP(=O)([O-])OCC[N+](C)(C)C)C(O)/C=C/CCCCCCCCCCCCCC. The molecule has 0 aliphatic carbocycles. The molecule has 0 radical (unpaired) electrons. The van der Waals surface area contributed by atoms with Gasteiger partial charge >= 0.3 is 0 Å². The lowest BCUT2D eigenvalue weighted by molar-refractivity contribution is -0.870. The Morgan fingerprint density at radius 2 is 1.07 bits per heavy atom. The van der Waals surface area contributed by atoms with Gasteiger partial charge in [-0.3, -0.25) is 9.36 Å². The molecule has 0 aliphatic rings. The Morgan fingerprint density at radius 1 is 0.632 bits per heavy atom. The Kier molecular flexibility index (Phi) is 37.6. The number of carbonyl (C=O) groups excluding carboxylic acids is 1. The first-order valence-electron chi connectivity index (χ1n) is 22.4. The molecule has 0 fully saturated rings. The van der Waals surface area contributed by atoms with Crippen LogP contribution in [0.2, 0.25) is 0 Å². The molecule has 3 atom stereocenters. The van der Waals surface area contributed by atoms with E-state index in [1.54, 1.807) is 6.08 Å². The van der Waals surface area contributed by atoms with Crippen molar-refractivity contribution in [3.8, 4) is 0 Å². The number of carbonyl (C=O) groups is 1. The largest absolute Gasteiger partial charge is 0.756 e. The Hall–Kier alpha value is -2.32. The summed E-state index contributed by atoms with van der Waals surface area (Å²) in [5, 5.41) is 13.7. The summed E-state index contributed by atoms with van der Waals surface area (Å²) in [6, 6.07) is -0.914. The number of likely N-dealkylation sites (N-methyl/N-ethyl adjacent to an activating group) is 1. The highest BCUT2D eigenvalue weighted by molar-refractivity contribution is 7.45. The minimum Gasteiger partial charge on any atom is -0.756 e. The molecular weight excluding hydrogens is 732 g/mol. The molecule has 8 nitrogen and oxygen atoms in total. The maximum absolute atomic E-state index is 12.8. The van der Waals surface area contributed by atoms with Crippen molar-refractivity contribution in [3.63, 3.8) is 0 Å². The van der Waals surface area contributed by atoms with E-state index < -0.39 is 26.6 Å². The average molecular weight is 817 g/mol. The second-order valence-corrected chi connectivity index (χ2v) is 17.4. The van der Waals surface area contributed by atoms with Crippen LogP contribution in [0.3, 0.4) is 0 Å². The number of rotatable bonds is 39. The minimum absolute atomic E-state index is 0.0143. The van der Waals surface area contributed by atoms with E-state index in [0.717, 1.165) is 70.6 Å². The van der Waals surface area contributed by atoms with E-state index in [4.69, 9.17) is 9.05 Å². The van der Waals surface area contributed by atoms with Crippen LogP contribution >= 0.6 is 7.82 Å². The second kappa shape index (κ2) is 39.2. The summed E-state index contributed by atoms with van der Waals surface area (Å²) in [6.07, 6.45) is 53.4. The van der Waals surface area contributed by atoms with Crippen LogP contribution in [0.15, 0.2) is 85.1 Å². The summed E-state index contributed by atoms with van der Waals surface area (Å²) in [7, 11) is 1.22. The minimum atomic E-state index is -4.60. The van der Waals surface area contributed by atoms with Crippen LogP contribution in [0.4, 0.5) is 0 Å². The molecule has 2 N–H and O–H groups in total. The molecule has 0 aromatic heterocycles. The Bertz CT molecular complexity index is 1200. The van der Waals surface area contributed by atoms with Crippen LogP contribution in [0.5, 0.6) is 0 Å². The smallest absolute Gasteiger partial charge is 0.268 e. The third-order valence-corrected chi connectivity index (χ3v) is 10.3. The van der Waals surface area contributed by atoms with E-state index in [0.29, 0.717) is 17.4 Å². The van der Waals surface area contributed by atoms with Gasteiger partial charge in [0.15, 0.2) is 0 Å². The quantitative estimate of drug-likeness (QED) is 0.0277. The fraction of sp³-hybridized carbons (Fsp3) is 0.688. The van der Waals surface area contributed by atoms with E-state index in [9.17, 15) is 19.4 Å². The summed E-state index contributed by atoms with van der Waals surface area (Å²) in [5.41, 5.74) is 0. The zero-order valence-electron chi connectivity index (χ0n) is 37.0. The van der Waals surface area contributed by atoms with Crippen LogP contribution in [-0.2, 0) is 18.4 Å². The van der Waals surface area contributed by atoms with E-state index >= 15 is 0 Å². The molecule has 0 saturated carbocycles. The van der Waals surface area contributed by atoms with Gasteiger partial charge in [0.2, 0.25) is 5.91 Å². The summed E-state index contributed by atoms with van der Waals surface area (Å²) >= 11 is 0. The van der Waals surface area contributed by atoms with Crippen molar-refractivity contribution in [2.24, 2.45) is 0 Å². The molecule has 3 unspecified atom stereocenters. The molecule has 0 aliphatic heterocycles. The highest BCUT2D eigenvalue weighted by atomic mass is 31.2. The van der Waals surface area contributed by atoms with Crippen molar-refractivity contribution in [1.82, 2.24) is 5.32 Å². The van der Waals surface area contributed by atoms with Gasteiger partial charge in [-0.05, 0) is 70.6 Å². The number of nitrogens with one attached hydrogen (secondary N) is 1. The zero-order chi connectivity index (χ0) is 42.1. The summed E-state index contributed by atoms with van der Waals surface area (Å²) in [6.45, 7) is 4.47. The number of hydrogen-bond donors (Lipinski definition) is 2. The Balaban J connectivity index is 4.53. The molecule has 0 bridgehead atoms. The molecular formula is C48H85N2O6P. The highest BCUT2D eigenvalue weighted by Gasteiger charge is 2.23. The number of amides is 1. The van der Waals surface area contributed by atoms with Crippen molar-refractivity contribution < 1.29 is 32.9 Å². The van der Waals surface area contributed by atoms with E-state index in [-0.39, 0.29) is 18.9 Å². The number of aliphatic hydroxyl groups excluding tert-OH is 1. The maximum atomic E-state index is 12.8. The summed E-state index contributed by atoms with van der Waals surface area (Å²) < 4.78 is 23.2. The van der Waals surface area contributed by atoms with Gasteiger partial charge in [0.1, 0.15) is 13.2 Å². The van der Waals surface area contributed by atoms with Crippen LogP contribution in [0.25, 0.3) is 0 Å². The zero-order valence-corrected chi connectivity index (χ0v) is 37.9. The normalized spacial score (nSPS) is 15.1. The van der Waals surface area contributed by atoms with Crippen molar-refractivity contribution in [2.45, 2.75) is 174 Å². The number of quaternary nitrogens is 1. The van der Waals surface area contributed by atoms with Crippen molar-refractivity contribution in [2.75, 3.05) is 40.9 Å². The number of phosphoric acid groups is 1. The lowest BCUT2D eigenvalue weighted by atomic mass is 10.0. The van der Waals surface area contributed by atoms with E-state index in [2.05, 4.69) is 92.1 Å². The fourth-order valence-corrected chi connectivity index (χ4v) is 6.52. The monoisotopic (exact) mass is 817 g/mol. The molecule has 0 spiro atoms. The van der Waals surface area contributed by atoms with Crippen LogP contribution in [-0.4, -0.2) is 68.5 Å². The first-order valence-corrected chi connectivity index (χ1v) is 23.9. The predicted molar refractivity (Wildman–Crippen MR) is 242 cm³/mol. The van der Waals surface area contributed by atoms with Gasteiger partial charge in [-0.1, -0.05) is 170 Å². The summed E-state index contributed by atoms with van der Waals surface area (Å²) in [4.78, 5) is 25.3. The van der Waals surface area contributed by atoms with Gasteiger partial charge in [-0.15, -0.1) is 0 Å². The molecule has 0 heterocycles. The van der Waals surface area contributed by atoms with Crippen molar-refractivity contribution >= 4 is 13.7 Å². The van der Waals surface area contributed by atoms with Gasteiger partial charge in [0.05, 0.1) is 39.9 Å². The van der Waals surface area contributed by atoms with Gasteiger partial charge in [0, 0.05) is 6.42 Å². The third kappa shape index (κ3) is 41.6. The molecule has 0 aromatic rings. The molecule has 9 heteroatoms. The van der Waals surface area contributed by atoms with E-state index in [1.807, 2.05) is 27.2 Å². The number of unbranched alkanes of at least 4 members (excludes halogenated alkanes) is 14. The lowest BCUT2D eigenvalue weighted by Gasteiger charge is -2.29. The average Bonchev–Trinajstić information content (AvgIpc) is 3.16. The Labute approximate surface area is 350 Å². The molecule has 57 heavy (non-hydrogen) atoms. The second-order valence-electron chi connectivity index (χ2n) is 16.0. The highest BCUT2D eigenvalue weighted by Crippen LogP contribution is 2.38. The van der Waals surface area contributed by atoms with Gasteiger partial charge < -0.3 is 28.8 Å². The summed E-state index contributed by atoms with van der Waals surface area (Å²) in [5.74, 6) is -0.244. The molecule has 1 amide bonds. The maximum Gasteiger partial charge on any atom is 0.268 e. The number of hydrogen-bond acceptors (Lipinski definition) is 6. The van der Waals surface area contributed by atoms with Gasteiger partial charge in [-0.2, -0.15) is 0 Å². The molecule has 328 valence electrons. The number of nitrogens with zero attached hydrogens (tertiary/aromatic N) is 1. The topological polar surface area (TPSA) is 108 Å². The first-order chi connectivity index (χ1) is 27.5. The van der Waals surface area contributed by atoms with Gasteiger partial charge in [-0.25, -0.2) is 0 Å². The lowest BCUT2D eigenvalue weighted by Crippen LogP contribution is -2.45. The fourth-order valence-electron chi connectivity index (χ4n) is 5.80. The number of allylic oxidation sites excluding steroid dienone is 13. The Morgan fingerprint density at radius 3 is 1.56 bits per heavy atom. The van der Waals surface area contributed by atoms with Gasteiger partial charge in [0.25, 0.3) is 7.82 Å². The van der Waals surface area contributed by atoms with Crippen LogP contribution in [0.1, 0.15) is 162 Å². The van der Waals surface area contributed by atoms with Crippen molar-refractivity contribution in [1.29, 1.82) is 0 Å². The van der Waals surface area contributed by atoms with Crippen molar-refractivity contribution in [3.05, 3.63) is 85.1 Å². The standard InChI is InChI=1S/C48H85N2O6P/c1-6-8-10-12-14-16-18-20-22-23-24-25-26-27-28-30-32-34-36-38-40-42-48(52)49-46(45-56-57(53,54)55-44-43-50(3,4)5)47(51)41-39-37-35-33-31-29-21-19-17-15-13-11-9-7-2/h8,10,14,16,20,22,24-25,27-28,32,34,39,41,46-47,51H,6-7,9,11-13,15,17-19,21,23,26,29-31,33,35-38,40,42-45H2,1-5H3,(H-,49,52,53,54)/b10-8-,16-14-,22-20-,25-24-,28-27-,34-32-,41-39+. The molecule has 0 aromatic carbocycles. The predicted octanol–water partition coefficient (Wildman–Crippen LogP) is 11.9. The van der Waals surface area contributed by atoms with E-state index in [1.165, 1.54) is 64.2 Å². The van der Waals surface area contributed by atoms with Crippen LogP contribution in [0, 0.1) is 0 Å². The molecule has 0 rings (SSSR count). The van der Waals surface area contributed by atoms with Crippen LogP contribution < -0.4 is 10.2 Å².